The maximum absolute atomic E-state index is 12.5. The number of para-hydroxylation sites is 1. The van der Waals surface area contributed by atoms with Crippen molar-refractivity contribution in [1.82, 2.24) is 0 Å². The molecular weight excluding hydrogens is 302 g/mol. The summed E-state index contributed by atoms with van der Waals surface area (Å²) in [7, 11) is 0. The number of nitrogens with two attached hydrogens (primary N) is 1. The number of alkyl halides is 2. The number of carbonyl (C=O) groups excluding carboxylic acids is 1. The van der Waals surface area contributed by atoms with Crippen molar-refractivity contribution in [2.75, 3.05) is 5.32 Å². The molecule has 0 aromatic heterocycles. The van der Waals surface area contributed by atoms with E-state index in [-0.39, 0.29) is 16.8 Å². The lowest BCUT2D eigenvalue weighted by Crippen LogP contribution is -2.36. The Kier molecular flexibility index (Phi) is 6.35. The second kappa shape index (κ2) is 7.54. The number of amides is 1. The molecule has 0 radical (unpaired) electrons. The predicted molar refractivity (Wildman–Crippen MR) is 82.0 cm³/mol. The van der Waals surface area contributed by atoms with Gasteiger partial charge in [-0.25, -0.2) is 0 Å². The number of thiocarbonyl (C=S) groups is 1. The molecule has 0 aliphatic rings. The summed E-state index contributed by atoms with van der Waals surface area (Å²) in [5, 5.41) is 2.62. The Labute approximate surface area is 126 Å². The number of anilines is 1. The zero-order valence-electron chi connectivity index (χ0n) is 11.1. The molecule has 1 rings (SSSR count). The normalized spacial score (nSPS) is 12.5. The molecule has 1 aromatic carbocycles. The molecule has 0 bridgehead atoms. The quantitative estimate of drug-likeness (QED) is 0.623. The average Bonchev–Trinajstić information content (AvgIpc) is 2.29. The fraction of sp³-hybridized carbons (Fsp3) is 0.385. The third kappa shape index (κ3) is 4.72. The number of carbonyl (C=O) groups is 1. The van der Waals surface area contributed by atoms with Crippen molar-refractivity contribution < 1.29 is 13.6 Å². The van der Waals surface area contributed by atoms with Crippen LogP contribution in [0.5, 0.6) is 0 Å². The van der Waals surface area contributed by atoms with E-state index >= 15 is 0 Å². The van der Waals surface area contributed by atoms with Crippen molar-refractivity contribution in [1.29, 1.82) is 0 Å². The molecule has 0 fully saturated rings. The summed E-state index contributed by atoms with van der Waals surface area (Å²) in [4.78, 5) is 12.6. The van der Waals surface area contributed by atoms with Crippen LogP contribution < -0.4 is 11.1 Å². The third-order valence-corrected chi connectivity index (χ3v) is 3.66. The Morgan fingerprint density at radius 2 is 1.95 bits per heavy atom. The standard InChI is InChI=1S/C13H16F2N2OS2/c1-7(2)10(11(16)19)12(18)17-8-5-3-4-6-9(8)20-13(14)15/h3-7,10,13H,1-2H3,(H2,16,19)(H,17,18). The molecule has 1 atom stereocenters. The van der Waals surface area contributed by atoms with Crippen LogP contribution in [0.15, 0.2) is 29.2 Å². The lowest BCUT2D eigenvalue weighted by Gasteiger charge is -2.19. The molecule has 20 heavy (non-hydrogen) atoms. The van der Waals surface area contributed by atoms with Crippen molar-refractivity contribution in [3.05, 3.63) is 24.3 Å². The van der Waals surface area contributed by atoms with Gasteiger partial charge in [0.05, 0.1) is 16.6 Å². The molecular formula is C13H16F2N2OS2. The van der Waals surface area contributed by atoms with Crippen LogP contribution in [0.2, 0.25) is 0 Å². The van der Waals surface area contributed by atoms with Crippen LogP contribution in [0.3, 0.4) is 0 Å². The first kappa shape index (κ1) is 16.8. The summed E-state index contributed by atoms with van der Waals surface area (Å²) in [6, 6.07) is 6.39. The van der Waals surface area contributed by atoms with Gasteiger partial charge >= 0.3 is 0 Å². The second-order valence-corrected chi connectivity index (χ2v) is 5.99. The summed E-state index contributed by atoms with van der Waals surface area (Å²) in [6.07, 6.45) is 0. The summed E-state index contributed by atoms with van der Waals surface area (Å²) in [5.41, 5.74) is 5.89. The SMILES string of the molecule is CC(C)C(C(=O)Nc1ccccc1SC(F)F)C(N)=S. The summed E-state index contributed by atoms with van der Waals surface area (Å²) >= 11 is 5.26. The first-order chi connectivity index (χ1) is 9.32. The molecule has 1 unspecified atom stereocenters. The first-order valence-electron chi connectivity index (χ1n) is 5.97. The minimum absolute atomic E-state index is 0.0672. The Bertz CT molecular complexity index is 495. The molecule has 0 aliphatic heterocycles. The van der Waals surface area contributed by atoms with Crippen molar-refractivity contribution in [2.45, 2.75) is 24.5 Å². The molecule has 3 N–H and O–H groups in total. The Morgan fingerprint density at radius 1 is 1.35 bits per heavy atom. The van der Waals surface area contributed by atoms with Gasteiger partial charge in [0.2, 0.25) is 5.91 Å². The number of hydrogen-bond donors (Lipinski definition) is 2. The molecule has 7 heteroatoms. The van der Waals surface area contributed by atoms with Crippen LogP contribution in [0.25, 0.3) is 0 Å². The van der Waals surface area contributed by atoms with E-state index in [1.165, 1.54) is 6.07 Å². The predicted octanol–water partition coefficient (Wildman–Crippen LogP) is 3.50. The van der Waals surface area contributed by atoms with Crippen LogP contribution in [0.4, 0.5) is 14.5 Å². The van der Waals surface area contributed by atoms with Gasteiger partial charge in [-0.3, -0.25) is 4.79 Å². The average molecular weight is 318 g/mol. The molecule has 1 amide bonds. The van der Waals surface area contributed by atoms with E-state index in [2.05, 4.69) is 5.32 Å². The largest absolute Gasteiger partial charge is 0.393 e. The fourth-order valence-electron chi connectivity index (χ4n) is 1.74. The molecule has 110 valence electrons. The Balaban J connectivity index is 2.92. The second-order valence-electron chi connectivity index (χ2n) is 4.49. The van der Waals surface area contributed by atoms with Gasteiger partial charge in [-0.05, 0) is 18.1 Å². The lowest BCUT2D eigenvalue weighted by atomic mass is 9.95. The Morgan fingerprint density at radius 3 is 2.45 bits per heavy atom. The molecule has 3 nitrogen and oxygen atoms in total. The van der Waals surface area contributed by atoms with Crippen molar-refractivity contribution in [3.63, 3.8) is 0 Å². The highest BCUT2D eigenvalue weighted by molar-refractivity contribution is 7.99. The highest BCUT2D eigenvalue weighted by Crippen LogP contribution is 2.32. The first-order valence-corrected chi connectivity index (χ1v) is 7.25. The van der Waals surface area contributed by atoms with Gasteiger partial charge in [0.15, 0.2) is 0 Å². The fourth-order valence-corrected chi connectivity index (χ4v) is 2.71. The molecule has 0 saturated heterocycles. The lowest BCUT2D eigenvalue weighted by molar-refractivity contribution is -0.118. The van der Waals surface area contributed by atoms with Crippen molar-refractivity contribution >= 4 is 40.6 Å². The van der Waals surface area contributed by atoms with Crippen molar-refractivity contribution in [3.8, 4) is 0 Å². The van der Waals surface area contributed by atoms with Crippen LogP contribution in [0.1, 0.15) is 13.8 Å². The van der Waals surface area contributed by atoms with E-state index in [1.54, 1.807) is 18.2 Å². The maximum atomic E-state index is 12.5. The van der Waals surface area contributed by atoms with Crippen molar-refractivity contribution in [2.24, 2.45) is 17.6 Å². The minimum Gasteiger partial charge on any atom is -0.393 e. The molecule has 1 aromatic rings. The highest BCUT2D eigenvalue weighted by Gasteiger charge is 2.25. The number of rotatable bonds is 6. The van der Waals surface area contributed by atoms with Crippen LogP contribution in [-0.2, 0) is 4.79 Å². The van der Waals surface area contributed by atoms with Gasteiger partial charge in [-0.15, -0.1) is 0 Å². The number of benzene rings is 1. The van der Waals surface area contributed by atoms with Crippen LogP contribution >= 0.6 is 24.0 Å². The molecule has 0 aliphatic carbocycles. The van der Waals surface area contributed by atoms with E-state index in [0.29, 0.717) is 22.3 Å². The number of hydrogen-bond acceptors (Lipinski definition) is 3. The smallest absolute Gasteiger partial charge is 0.288 e. The summed E-state index contributed by atoms with van der Waals surface area (Å²) in [6.45, 7) is 3.65. The van der Waals surface area contributed by atoms with E-state index in [1.807, 2.05) is 13.8 Å². The highest BCUT2D eigenvalue weighted by atomic mass is 32.2. The number of halogens is 2. The third-order valence-electron chi connectivity index (χ3n) is 2.62. The van der Waals surface area contributed by atoms with E-state index < -0.39 is 11.7 Å². The van der Waals surface area contributed by atoms with Gasteiger partial charge < -0.3 is 11.1 Å². The molecule has 0 heterocycles. The van der Waals surface area contributed by atoms with E-state index in [9.17, 15) is 13.6 Å². The Hall–Kier alpha value is -1.21. The van der Waals surface area contributed by atoms with Gasteiger partial charge in [0.25, 0.3) is 5.76 Å². The number of nitrogens with one attached hydrogen (secondary N) is 1. The van der Waals surface area contributed by atoms with Gasteiger partial charge in [0, 0.05) is 4.90 Å². The topological polar surface area (TPSA) is 55.1 Å². The maximum Gasteiger partial charge on any atom is 0.288 e. The summed E-state index contributed by atoms with van der Waals surface area (Å²) in [5.74, 6) is -3.63. The van der Waals surface area contributed by atoms with Gasteiger partial charge in [-0.1, -0.05) is 50.0 Å². The molecule has 0 saturated carbocycles. The van der Waals surface area contributed by atoms with E-state index in [4.69, 9.17) is 18.0 Å². The zero-order chi connectivity index (χ0) is 15.3. The number of thioether (sulfide) groups is 1. The van der Waals surface area contributed by atoms with Crippen LogP contribution in [-0.4, -0.2) is 16.7 Å². The minimum atomic E-state index is -2.55. The summed E-state index contributed by atoms with van der Waals surface area (Å²) < 4.78 is 24.9. The zero-order valence-corrected chi connectivity index (χ0v) is 12.7. The van der Waals surface area contributed by atoms with Crippen LogP contribution in [0, 0.1) is 11.8 Å². The van der Waals surface area contributed by atoms with Gasteiger partial charge in [0.1, 0.15) is 0 Å². The monoisotopic (exact) mass is 318 g/mol. The van der Waals surface area contributed by atoms with Gasteiger partial charge in [-0.2, -0.15) is 8.78 Å². The van der Waals surface area contributed by atoms with E-state index in [0.717, 1.165) is 0 Å². The molecule has 0 spiro atoms.